The Labute approximate surface area is 189 Å². The standard InChI is InChI=1S/C21H20ClN3O5S/c22-13-1-6-18(31)17(9-13)20(27)23-10-16-11-30-21(28)25(16)15-4-2-14(3-5-15)24-7-8-29-12-19(24)26/h1-6,9,16,31H,7-8,10-12H2,(H,23,27). The van der Waals surface area contributed by atoms with Gasteiger partial charge in [0, 0.05) is 34.4 Å². The molecule has 3 amide bonds. The van der Waals surface area contributed by atoms with Gasteiger partial charge in [0.2, 0.25) is 0 Å². The molecule has 31 heavy (non-hydrogen) atoms. The van der Waals surface area contributed by atoms with Crippen molar-refractivity contribution in [2.45, 2.75) is 10.9 Å². The molecule has 2 aliphatic rings. The average Bonchev–Trinajstić information content (AvgIpc) is 3.14. The van der Waals surface area contributed by atoms with E-state index in [1.54, 1.807) is 47.4 Å². The summed E-state index contributed by atoms with van der Waals surface area (Å²) in [5, 5.41) is 3.24. The summed E-state index contributed by atoms with van der Waals surface area (Å²) in [6, 6.07) is 11.5. The Morgan fingerprint density at radius 3 is 2.65 bits per heavy atom. The summed E-state index contributed by atoms with van der Waals surface area (Å²) in [5.41, 5.74) is 1.70. The van der Waals surface area contributed by atoms with Gasteiger partial charge < -0.3 is 19.7 Å². The second-order valence-corrected chi connectivity index (χ2v) is 8.00. The summed E-state index contributed by atoms with van der Waals surface area (Å²) in [7, 11) is 0. The van der Waals surface area contributed by atoms with Crippen LogP contribution < -0.4 is 15.1 Å². The zero-order chi connectivity index (χ0) is 22.0. The minimum absolute atomic E-state index is 0.0581. The van der Waals surface area contributed by atoms with Gasteiger partial charge in [0.15, 0.2) is 0 Å². The van der Waals surface area contributed by atoms with Gasteiger partial charge in [-0.2, -0.15) is 0 Å². The summed E-state index contributed by atoms with van der Waals surface area (Å²) < 4.78 is 10.3. The van der Waals surface area contributed by atoms with E-state index in [2.05, 4.69) is 17.9 Å². The largest absolute Gasteiger partial charge is 0.447 e. The lowest BCUT2D eigenvalue weighted by atomic mass is 10.2. The molecule has 162 valence electrons. The lowest BCUT2D eigenvalue weighted by molar-refractivity contribution is -0.125. The van der Waals surface area contributed by atoms with Crippen LogP contribution in [-0.4, -0.2) is 56.9 Å². The first-order valence-corrected chi connectivity index (χ1v) is 10.5. The van der Waals surface area contributed by atoms with Crippen LogP contribution in [0.4, 0.5) is 16.2 Å². The molecule has 2 saturated heterocycles. The maximum atomic E-state index is 12.5. The first-order chi connectivity index (χ1) is 14.9. The van der Waals surface area contributed by atoms with Crippen molar-refractivity contribution in [2.24, 2.45) is 0 Å². The molecule has 1 N–H and O–H groups in total. The molecular formula is C21H20ClN3O5S. The van der Waals surface area contributed by atoms with E-state index in [1.807, 2.05) is 0 Å². The number of morpholine rings is 1. The summed E-state index contributed by atoms with van der Waals surface area (Å²) >= 11 is 10.3. The first-order valence-electron chi connectivity index (χ1n) is 9.65. The maximum absolute atomic E-state index is 12.5. The molecule has 0 radical (unpaired) electrons. The number of hydrogen-bond acceptors (Lipinski definition) is 6. The van der Waals surface area contributed by atoms with Crippen LogP contribution in [0.15, 0.2) is 47.4 Å². The Bertz CT molecular complexity index is 1020. The zero-order valence-electron chi connectivity index (χ0n) is 16.4. The molecule has 2 fully saturated rings. The molecule has 1 atom stereocenters. The highest BCUT2D eigenvalue weighted by molar-refractivity contribution is 7.80. The normalized spacial score (nSPS) is 18.8. The molecule has 0 aromatic heterocycles. The van der Waals surface area contributed by atoms with Gasteiger partial charge in [0.05, 0.1) is 18.2 Å². The summed E-state index contributed by atoms with van der Waals surface area (Å²) in [4.78, 5) is 40.5. The van der Waals surface area contributed by atoms with Crippen molar-refractivity contribution in [1.82, 2.24) is 5.32 Å². The third-order valence-corrected chi connectivity index (χ3v) is 5.71. The number of cyclic esters (lactones) is 1. The lowest BCUT2D eigenvalue weighted by Crippen LogP contribution is -2.43. The van der Waals surface area contributed by atoms with E-state index in [-0.39, 0.29) is 37.6 Å². The van der Waals surface area contributed by atoms with E-state index in [9.17, 15) is 14.4 Å². The Kier molecular flexibility index (Phi) is 6.35. The van der Waals surface area contributed by atoms with E-state index in [4.69, 9.17) is 21.1 Å². The maximum Gasteiger partial charge on any atom is 0.414 e. The van der Waals surface area contributed by atoms with E-state index in [1.165, 1.54) is 4.90 Å². The van der Waals surface area contributed by atoms with Crippen LogP contribution in [-0.2, 0) is 14.3 Å². The topological polar surface area (TPSA) is 88.2 Å². The Hall–Kier alpha value is -2.75. The van der Waals surface area contributed by atoms with Gasteiger partial charge in [-0.25, -0.2) is 4.79 Å². The molecule has 0 spiro atoms. The van der Waals surface area contributed by atoms with Gasteiger partial charge in [-0.15, -0.1) is 12.6 Å². The van der Waals surface area contributed by atoms with Crippen LogP contribution in [0.2, 0.25) is 5.02 Å². The van der Waals surface area contributed by atoms with Crippen LogP contribution >= 0.6 is 24.2 Å². The molecule has 0 bridgehead atoms. The molecular weight excluding hydrogens is 442 g/mol. The number of ether oxygens (including phenoxy) is 2. The van der Waals surface area contributed by atoms with Crippen LogP contribution in [0.25, 0.3) is 0 Å². The van der Waals surface area contributed by atoms with Gasteiger partial charge in [-0.05, 0) is 42.5 Å². The van der Waals surface area contributed by atoms with Crippen LogP contribution in [0.1, 0.15) is 10.4 Å². The Balaban J connectivity index is 1.45. The molecule has 1 unspecified atom stereocenters. The molecule has 2 aliphatic heterocycles. The number of carbonyl (C=O) groups is 3. The van der Waals surface area contributed by atoms with Crippen LogP contribution in [0, 0.1) is 0 Å². The number of rotatable bonds is 5. The third kappa shape index (κ3) is 4.63. The van der Waals surface area contributed by atoms with E-state index >= 15 is 0 Å². The van der Waals surface area contributed by atoms with Crippen LogP contribution in [0.5, 0.6) is 0 Å². The predicted molar refractivity (Wildman–Crippen MR) is 118 cm³/mol. The number of thiol groups is 1. The van der Waals surface area contributed by atoms with Crippen molar-refractivity contribution in [3.63, 3.8) is 0 Å². The first kappa shape index (κ1) is 21.5. The van der Waals surface area contributed by atoms with Crippen molar-refractivity contribution in [3.8, 4) is 0 Å². The Morgan fingerprint density at radius 1 is 1.16 bits per heavy atom. The molecule has 4 rings (SSSR count). The highest BCUT2D eigenvalue weighted by atomic mass is 35.5. The molecule has 2 heterocycles. The molecule has 2 aromatic carbocycles. The quantitative estimate of drug-likeness (QED) is 0.668. The van der Waals surface area contributed by atoms with Crippen molar-refractivity contribution in [1.29, 1.82) is 0 Å². The monoisotopic (exact) mass is 461 g/mol. The van der Waals surface area contributed by atoms with E-state index in [0.29, 0.717) is 34.3 Å². The number of benzene rings is 2. The molecule has 0 aliphatic carbocycles. The number of carbonyl (C=O) groups excluding carboxylic acids is 3. The highest BCUT2D eigenvalue weighted by Crippen LogP contribution is 2.27. The number of nitrogens with zero attached hydrogens (tertiary/aromatic N) is 2. The number of hydrogen-bond donors (Lipinski definition) is 2. The third-order valence-electron chi connectivity index (χ3n) is 5.09. The fourth-order valence-electron chi connectivity index (χ4n) is 3.51. The van der Waals surface area contributed by atoms with Crippen molar-refractivity contribution in [3.05, 3.63) is 53.1 Å². The van der Waals surface area contributed by atoms with Crippen molar-refractivity contribution >= 4 is 53.5 Å². The molecule has 10 heteroatoms. The second-order valence-electron chi connectivity index (χ2n) is 7.09. The number of amides is 3. The number of anilines is 2. The summed E-state index contributed by atoms with van der Waals surface area (Å²) in [6.07, 6.45) is -0.493. The fourth-order valence-corrected chi connectivity index (χ4v) is 3.92. The minimum atomic E-state index is -0.493. The SMILES string of the molecule is O=C(NCC1COC(=O)N1c1ccc(N2CCOCC2=O)cc1)c1cc(Cl)ccc1S. The molecule has 0 saturated carbocycles. The lowest BCUT2D eigenvalue weighted by Gasteiger charge is -2.27. The van der Waals surface area contributed by atoms with Gasteiger partial charge in [0.1, 0.15) is 13.2 Å². The van der Waals surface area contributed by atoms with Gasteiger partial charge in [0.25, 0.3) is 11.8 Å². The van der Waals surface area contributed by atoms with Crippen molar-refractivity contribution < 1.29 is 23.9 Å². The smallest absolute Gasteiger partial charge is 0.414 e. The fraction of sp³-hybridized carbons (Fsp3) is 0.286. The van der Waals surface area contributed by atoms with E-state index in [0.717, 1.165) is 5.69 Å². The predicted octanol–water partition coefficient (Wildman–Crippen LogP) is 2.75. The highest BCUT2D eigenvalue weighted by Gasteiger charge is 2.34. The van der Waals surface area contributed by atoms with Gasteiger partial charge in [-0.3, -0.25) is 14.5 Å². The number of nitrogens with one attached hydrogen (secondary N) is 1. The van der Waals surface area contributed by atoms with Crippen LogP contribution in [0.3, 0.4) is 0 Å². The zero-order valence-corrected chi connectivity index (χ0v) is 18.1. The minimum Gasteiger partial charge on any atom is -0.447 e. The summed E-state index contributed by atoms with van der Waals surface area (Å²) in [6.45, 7) is 1.35. The van der Waals surface area contributed by atoms with Crippen molar-refractivity contribution in [2.75, 3.05) is 42.7 Å². The molecule has 8 nitrogen and oxygen atoms in total. The van der Waals surface area contributed by atoms with E-state index < -0.39 is 6.09 Å². The number of halogens is 1. The second kappa shape index (κ2) is 9.17. The average molecular weight is 462 g/mol. The summed E-state index contributed by atoms with van der Waals surface area (Å²) in [5.74, 6) is -0.447. The van der Waals surface area contributed by atoms with Gasteiger partial charge in [-0.1, -0.05) is 11.6 Å². The Morgan fingerprint density at radius 2 is 1.90 bits per heavy atom. The molecule has 2 aromatic rings. The van der Waals surface area contributed by atoms with Gasteiger partial charge >= 0.3 is 6.09 Å².